The zero-order valence-corrected chi connectivity index (χ0v) is 17.3. The van der Waals surface area contributed by atoms with Crippen LogP contribution in [-0.4, -0.2) is 32.3 Å². The highest BCUT2D eigenvalue weighted by Gasteiger charge is 2.03. The molecule has 0 aliphatic carbocycles. The number of carbonyl (C=O) groups is 1. The molecule has 0 bridgehead atoms. The number of hydrogen-bond donors (Lipinski definition) is 2. The van der Waals surface area contributed by atoms with Gasteiger partial charge in [-0.3, -0.25) is 4.79 Å². The third-order valence-electron chi connectivity index (χ3n) is 4.18. The molecule has 0 heterocycles. The Morgan fingerprint density at radius 3 is 1.90 bits per heavy atom. The van der Waals surface area contributed by atoms with E-state index in [0.29, 0.717) is 25.5 Å². The molecule has 0 aliphatic rings. The predicted octanol–water partition coefficient (Wildman–Crippen LogP) is 4.76. The van der Waals surface area contributed by atoms with E-state index in [1.807, 2.05) is 54.6 Å². The number of anilines is 2. The van der Waals surface area contributed by atoms with Crippen LogP contribution in [0.1, 0.15) is 0 Å². The highest BCUT2D eigenvalue weighted by molar-refractivity contribution is 5.93. The van der Waals surface area contributed by atoms with Gasteiger partial charge in [-0.15, -0.1) is 0 Å². The average Bonchev–Trinajstić information content (AvgIpc) is 2.81. The summed E-state index contributed by atoms with van der Waals surface area (Å²) >= 11 is 0. The minimum Gasteiger partial charge on any atom is -0.490 e. The minimum absolute atomic E-state index is 0.141. The largest absolute Gasteiger partial charge is 0.490 e. The molecule has 2 N–H and O–H groups in total. The van der Waals surface area contributed by atoms with Crippen LogP contribution in [-0.2, 0) is 4.79 Å². The summed E-state index contributed by atoms with van der Waals surface area (Å²) < 4.78 is 16.7. The number of ether oxygens (including phenoxy) is 3. The van der Waals surface area contributed by atoms with E-state index in [2.05, 4.69) is 17.2 Å². The Labute approximate surface area is 182 Å². The van der Waals surface area contributed by atoms with Crippen LogP contribution in [0, 0.1) is 0 Å². The fourth-order valence-electron chi connectivity index (χ4n) is 2.68. The van der Waals surface area contributed by atoms with Crippen molar-refractivity contribution in [3.05, 3.63) is 91.5 Å². The van der Waals surface area contributed by atoms with E-state index < -0.39 is 0 Å². The molecule has 0 atom stereocenters. The summed E-state index contributed by atoms with van der Waals surface area (Å²) in [7, 11) is 0. The molecule has 1 amide bonds. The van der Waals surface area contributed by atoms with Crippen molar-refractivity contribution in [2.75, 3.05) is 37.0 Å². The van der Waals surface area contributed by atoms with Crippen LogP contribution in [0.2, 0.25) is 0 Å². The van der Waals surface area contributed by atoms with Gasteiger partial charge in [-0.25, -0.2) is 0 Å². The van der Waals surface area contributed by atoms with Gasteiger partial charge in [0.25, 0.3) is 0 Å². The molecule has 160 valence electrons. The highest BCUT2D eigenvalue weighted by Crippen LogP contribution is 2.17. The van der Waals surface area contributed by atoms with Gasteiger partial charge in [-0.2, -0.15) is 0 Å². The van der Waals surface area contributed by atoms with Crippen molar-refractivity contribution < 1.29 is 19.0 Å². The van der Waals surface area contributed by atoms with Crippen LogP contribution >= 0.6 is 0 Å². The summed E-state index contributed by atoms with van der Waals surface area (Å²) in [5.41, 5.74) is 1.54. The number of amides is 1. The first-order chi connectivity index (χ1) is 15.2. The molecule has 0 aromatic heterocycles. The van der Waals surface area contributed by atoms with Crippen LogP contribution in [0.25, 0.3) is 0 Å². The minimum atomic E-state index is -0.141. The van der Waals surface area contributed by atoms with E-state index in [9.17, 15) is 4.79 Å². The van der Waals surface area contributed by atoms with Crippen molar-refractivity contribution in [2.45, 2.75) is 0 Å². The average molecular weight is 418 g/mol. The lowest BCUT2D eigenvalue weighted by Crippen LogP contribution is -2.21. The number of rotatable bonds is 12. The highest BCUT2D eigenvalue weighted by atomic mass is 16.5. The van der Waals surface area contributed by atoms with Crippen molar-refractivity contribution in [2.24, 2.45) is 0 Å². The second-order valence-electron chi connectivity index (χ2n) is 6.56. The van der Waals surface area contributed by atoms with Gasteiger partial charge in [0.2, 0.25) is 5.91 Å². The lowest BCUT2D eigenvalue weighted by Gasteiger charge is -2.10. The molecule has 6 nitrogen and oxygen atoms in total. The molecule has 0 fully saturated rings. The van der Waals surface area contributed by atoms with Gasteiger partial charge < -0.3 is 24.8 Å². The van der Waals surface area contributed by atoms with Crippen molar-refractivity contribution in [3.8, 4) is 17.2 Å². The Morgan fingerprint density at radius 1 is 0.742 bits per heavy atom. The molecule has 31 heavy (non-hydrogen) atoms. The number of hydrogen-bond acceptors (Lipinski definition) is 5. The summed E-state index contributed by atoms with van der Waals surface area (Å²) in [6.07, 6.45) is 1.68. The Balaban J connectivity index is 1.35. The molecule has 0 saturated heterocycles. The fraction of sp³-hybridized carbons (Fsp3) is 0.160. The summed E-state index contributed by atoms with van der Waals surface area (Å²) in [5, 5.41) is 5.93. The summed E-state index contributed by atoms with van der Waals surface area (Å²) in [5.74, 6) is 2.15. The maximum atomic E-state index is 12.1. The van der Waals surface area contributed by atoms with Gasteiger partial charge in [0.1, 0.15) is 37.1 Å². The first kappa shape index (κ1) is 21.8. The standard InChI is InChI=1S/C25H26N2O4/c1-2-16-29-23-14-10-21(11-15-23)27-25(28)19-26-20-8-12-24(13-9-20)31-18-17-30-22-6-4-3-5-7-22/h2-15,26H,1,16-19H2,(H,27,28). The Bertz CT molecular complexity index is 942. The van der Waals surface area contributed by atoms with E-state index >= 15 is 0 Å². The van der Waals surface area contributed by atoms with E-state index in [4.69, 9.17) is 14.2 Å². The maximum Gasteiger partial charge on any atom is 0.243 e. The predicted molar refractivity (Wildman–Crippen MR) is 123 cm³/mol. The molecule has 3 aromatic carbocycles. The van der Waals surface area contributed by atoms with Crippen LogP contribution in [0.3, 0.4) is 0 Å². The third-order valence-corrected chi connectivity index (χ3v) is 4.18. The molecule has 0 unspecified atom stereocenters. The number of para-hydroxylation sites is 1. The smallest absolute Gasteiger partial charge is 0.243 e. The zero-order valence-electron chi connectivity index (χ0n) is 17.3. The third kappa shape index (κ3) is 7.78. The van der Waals surface area contributed by atoms with Gasteiger partial charge >= 0.3 is 0 Å². The second-order valence-corrected chi connectivity index (χ2v) is 6.56. The lowest BCUT2D eigenvalue weighted by molar-refractivity contribution is -0.114. The van der Waals surface area contributed by atoms with Gasteiger partial charge in [0.05, 0.1) is 6.54 Å². The Hall–Kier alpha value is -3.93. The van der Waals surface area contributed by atoms with Gasteiger partial charge in [0, 0.05) is 11.4 Å². The van der Waals surface area contributed by atoms with Crippen molar-refractivity contribution in [1.29, 1.82) is 0 Å². The van der Waals surface area contributed by atoms with E-state index in [1.165, 1.54) is 0 Å². The van der Waals surface area contributed by atoms with Gasteiger partial charge in [-0.05, 0) is 60.7 Å². The van der Waals surface area contributed by atoms with Gasteiger partial charge in [0.15, 0.2) is 0 Å². The molecule has 0 spiro atoms. The van der Waals surface area contributed by atoms with E-state index in [0.717, 1.165) is 22.9 Å². The number of benzene rings is 3. The van der Waals surface area contributed by atoms with Gasteiger partial charge in [-0.1, -0.05) is 30.9 Å². The molecular formula is C25H26N2O4. The molecule has 3 rings (SSSR count). The van der Waals surface area contributed by atoms with Crippen molar-refractivity contribution >= 4 is 17.3 Å². The van der Waals surface area contributed by atoms with E-state index in [-0.39, 0.29) is 12.5 Å². The number of carbonyl (C=O) groups excluding carboxylic acids is 1. The monoisotopic (exact) mass is 418 g/mol. The molecule has 6 heteroatoms. The molecule has 0 aliphatic heterocycles. The van der Waals surface area contributed by atoms with Crippen LogP contribution in [0.15, 0.2) is 91.5 Å². The molecule has 0 saturated carbocycles. The first-order valence-electron chi connectivity index (χ1n) is 10.0. The molecule has 0 radical (unpaired) electrons. The van der Waals surface area contributed by atoms with Crippen molar-refractivity contribution in [1.82, 2.24) is 0 Å². The van der Waals surface area contributed by atoms with Crippen LogP contribution in [0.5, 0.6) is 17.2 Å². The fourth-order valence-corrected chi connectivity index (χ4v) is 2.68. The van der Waals surface area contributed by atoms with Crippen molar-refractivity contribution in [3.63, 3.8) is 0 Å². The SMILES string of the molecule is C=CCOc1ccc(NC(=O)CNc2ccc(OCCOc3ccccc3)cc2)cc1. The second kappa shape index (κ2) is 11.9. The molecule has 3 aromatic rings. The first-order valence-corrected chi connectivity index (χ1v) is 10.0. The van der Waals surface area contributed by atoms with E-state index in [1.54, 1.807) is 30.3 Å². The van der Waals surface area contributed by atoms with Crippen LogP contribution in [0.4, 0.5) is 11.4 Å². The summed E-state index contributed by atoms with van der Waals surface area (Å²) in [6, 6.07) is 24.3. The summed E-state index contributed by atoms with van der Waals surface area (Å²) in [6.45, 7) is 5.12. The Kier molecular flexibility index (Phi) is 8.37. The quantitative estimate of drug-likeness (QED) is 0.328. The topological polar surface area (TPSA) is 68.8 Å². The number of nitrogens with one attached hydrogen (secondary N) is 2. The summed E-state index contributed by atoms with van der Waals surface area (Å²) in [4.78, 5) is 12.1. The van der Waals surface area contributed by atoms with Crippen LogP contribution < -0.4 is 24.8 Å². The maximum absolute atomic E-state index is 12.1. The normalized spacial score (nSPS) is 10.1. The Morgan fingerprint density at radius 2 is 1.29 bits per heavy atom. The zero-order chi connectivity index (χ0) is 21.7. The lowest BCUT2D eigenvalue weighted by atomic mass is 10.3. The molecular weight excluding hydrogens is 392 g/mol.